The second-order valence-corrected chi connectivity index (χ2v) is 6.28. The first kappa shape index (κ1) is 18.9. The van der Waals surface area contributed by atoms with Crippen LogP contribution < -0.4 is 0 Å². The van der Waals surface area contributed by atoms with E-state index in [-0.39, 0.29) is 11.1 Å². The molecule has 0 radical (unpaired) electrons. The highest BCUT2D eigenvalue weighted by atomic mass is 16.6. The Morgan fingerprint density at radius 3 is 2.88 bits per heavy atom. The average Bonchev–Trinajstić information content (AvgIpc) is 2.85. The smallest absolute Gasteiger partial charge is 0.336 e. The summed E-state index contributed by atoms with van der Waals surface area (Å²) in [5.41, 5.74) is 1.58. The van der Waals surface area contributed by atoms with Crippen molar-refractivity contribution in [3.05, 3.63) is 47.6 Å². The molecule has 0 aromatic rings. The molecule has 1 aliphatic heterocycles. The zero-order valence-corrected chi connectivity index (χ0v) is 14.2. The number of rotatable bonds is 4. The molecule has 0 saturated carbocycles. The van der Waals surface area contributed by atoms with Crippen LogP contribution in [-0.2, 0) is 23.9 Å². The molecule has 0 bridgehead atoms. The van der Waals surface area contributed by atoms with Gasteiger partial charge in [-0.15, -0.1) is 0 Å². The van der Waals surface area contributed by atoms with Crippen molar-refractivity contribution in [2.24, 2.45) is 5.92 Å². The highest BCUT2D eigenvalue weighted by molar-refractivity contribution is 5.92. The van der Waals surface area contributed by atoms with Gasteiger partial charge in [-0.1, -0.05) is 24.8 Å². The number of aliphatic hydroxyl groups is 1. The molecule has 1 N–H and O–H groups in total. The van der Waals surface area contributed by atoms with Gasteiger partial charge >= 0.3 is 11.9 Å². The molecule has 1 fully saturated rings. The monoisotopic (exact) mass is 346 g/mol. The molecule has 0 aromatic heterocycles. The van der Waals surface area contributed by atoms with Crippen LogP contribution in [0.25, 0.3) is 0 Å². The molecule has 6 heteroatoms. The van der Waals surface area contributed by atoms with Crippen LogP contribution in [0.2, 0.25) is 0 Å². The van der Waals surface area contributed by atoms with E-state index in [0.717, 1.165) is 5.57 Å². The van der Waals surface area contributed by atoms with Gasteiger partial charge in [0.1, 0.15) is 18.5 Å². The summed E-state index contributed by atoms with van der Waals surface area (Å²) in [7, 11) is 0. The summed E-state index contributed by atoms with van der Waals surface area (Å²) in [6.07, 6.45) is 4.47. The molecule has 1 aliphatic carbocycles. The molecule has 25 heavy (non-hydrogen) atoms. The van der Waals surface area contributed by atoms with Crippen LogP contribution >= 0.6 is 0 Å². The molecule has 1 saturated heterocycles. The fraction of sp³-hybridized carbons (Fsp3) is 0.421. The van der Waals surface area contributed by atoms with Gasteiger partial charge in [-0.2, -0.15) is 0 Å². The average molecular weight is 346 g/mol. The maximum absolute atomic E-state index is 12.1. The number of carbonyl (C=O) groups is 3. The van der Waals surface area contributed by atoms with Gasteiger partial charge in [-0.25, -0.2) is 9.59 Å². The second-order valence-electron chi connectivity index (χ2n) is 6.28. The van der Waals surface area contributed by atoms with E-state index in [0.29, 0.717) is 31.1 Å². The molecular formula is C19H22O6. The SMILES string of the molecule is C=C(CO)C(=O)OC1C=C(C=O)CCC=C(C)CC2OC(=O)C(=C)C12. The number of fused-ring (bicyclic) bond motifs is 1. The number of aliphatic hydroxyl groups excluding tert-OH is 1. The number of allylic oxidation sites excluding steroid dienone is 2. The van der Waals surface area contributed by atoms with Crippen LogP contribution in [0.3, 0.4) is 0 Å². The first-order valence-corrected chi connectivity index (χ1v) is 8.08. The quantitative estimate of drug-likeness (QED) is 0.361. The Labute approximate surface area is 146 Å². The van der Waals surface area contributed by atoms with Gasteiger partial charge in [0, 0.05) is 12.0 Å². The van der Waals surface area contributed by atoms with Gasteiger partial charge in [0.25, 0.3) is 0 Å². The third kappa shape index (κ3) is 4.33. The van der Waals surface area contributed by atoms with Crippen molar-refractivity contribution in [1.29, 1.82) is 0 Å². The van der Waals surface area contributed by atoms with E-state index in [4.69, 9.17) is 14.6 Å². The van der Waals surface area contributed by atoms with E-state index < -0.39 is 36.7 Å². The van der Waals surface area contributed by atoms with Crippen molar-refractivity contribution in [1.82, 2.24) is 0 Å². The van der Waals surface area contributed by atoms with Crippen LogP contribution in [-0.4, -0.2) is 42.1 Å². The molecule has 3 unspecified atom stereocenters. The molecule has 3 atom stereocenters. The predicted octanol–water partition coefficient (Wildman–Crippen LogP) is 1.80. The van der Waals surface area contributed by atoms with E-state index in [1.807, 2.05) is 13.0 Å². The Hall–Kier alpha value is -2.47. The molecule has 6 nitrogen and oxygen atoms in total. The van der Waals surface area contributed by atoms with E-state index in [1.54, 1.807) is 0 Å². The molecule has 2 aliphatic rings. The summed E-state index contributed by atoms with van der Waals surface area (Å²) >= 11 is 0. The number of carbonyl (C=O) groups excluding carboxylic acids is 3. The van der Waals surface area contributed by atoms with Crippen molar-refractivity contribution in [3.8, 4) is 0 Å². The Morgan fingerprint density at radius 2 is 2.24 bits per heavy atom. The highest BCUT2D eigenvalue weighted by Crippen LogP contribution is 2.36. The van der Waals surface area contributed by atoms with Crippen molar-refractivity contribution in [2.45, 2.75) is 38.4 Å². The van der Waals surface area contributed by atoms with E-state index in [1.165, 1.54) is 6.08 Å². The number of aldehydes is 1. The Morgan fingerprint density at radius 1 is 1.52 bits per heavy atom. The minimum absolute atomic E-state index is 0.110. The van der Waals surface area contributed by atoms with Crippen molar-refractivity contribution >= 4 is 18.2 Å². The third-order valence-corrected chi connectivity index (χ3v) is 4.38. The minimum Gasteiger partial charge on any atom is -0.458 e. The standard InChI is InChI=1S/C19H22O6/c1-11-5-4-6-14(10-21)8-16(24-18(22)12(2)9-20)17-13(3)19(23)25-15(17)7-11/h5,8,10,15-17,20H,2-4,6-7,9H2,1H3. The summed E-state index contributed by atoms with van der Waals surface area (Å²) in [6, 6.07) is 0. The number of esters is 2. The highest BCUT2D eigenvalue weighted by Gasteiger charge is 2.44. The van der Waals surface area contributed by atoms with Gasteiger partial charge < -0.3 is 14.6 Å². The van der Waals surface area contributed by atoms with Crippen LogP contribution in [0.15, 0.2) is 47.6 Å². The van der Waals surface area contributed by atoms with Crippen molar-refractivity contribution < 1.29 is 29.0 Å². The Kier molecular flexibility index (Phi) is 6.09. The fourth-order valence-electron chi connectivity index (χ4n) is 2.99. The van der Waals surface area contributed by atoms with Gasteiger partial charge in [0.15, 0.2) is 0 Å². The summed E-state index contributed by atoms with van der Waals surface area (Å²) in [5.74, 6) is -1.92. The number of hydrogen-bond donors (Lipinski definition) is 1. The molecule has 0 spiro atoms. The Bertz CT molecular complexity index is 669. The van der Waals surface area contributed by atoms with Crippen LogP contribution in [0.5, 0.6) is 0 Å². The molecule has 1 heterocycles. The Balaban J connectivity index is 2.42. The first-order valence-electron chi connectivity index (χ1n) is 8.08. The fourth-order valence-corrected chi connectivity index (χ4v) is 2.99. The summed E-state index contributed by atoms with van der Waals surface area (Å²) in [4.78, 5) is 35.4. The first-order chi connectivity index (χ1) is 11.9. The molecular weight excluding hydrogens is 324 g/mol. The van der Waals surface area contributed by atoms with Gasteiger partial charge in [-0.05, 0) is 31.4 Å². The molecule has 2 rings (SSSR count). The molecule has 0 amide bonds. The van der Waals surface area contributed by atoms with E-state index in [2.05, 4.69) is 13.2 Å². The summed E-state index contributed by atoms with van der Waals surface area (Å²) < 4.78 is 10.8. The predicted molar refractivity (Wildman–Crippen MR) is 90.4 cm³/mol. The lowest BCUT2D eigenvalue weighted by atomic mass is 9.85. The van der Waals surface area contributed by atoms with E-state index >= 15 is 0 Å². The van der Waals surface area contributed by atoms with E-state index in [9.17, 15) is 14.4 Å². The maximum atomic E-state index is 12.1. The largest absolute Gasteiger partial charge is 0.458 e. The lowest BCUT2D eigenvalue weighted by molar-refractivity contribution is -0.145. The minimum atomic E-state index is -0.897. The normalized spacial score (nSPS) is 26.7. The van der Waals surface area contributed by atoms with Crippen LogP contribution in [0.4, 0.5) is 0 Å². The van der Waals surface area contributed by atoms with Crippen molar-refractivity contribution in [3.63, 3.8) is 0 Å². The van der Waals surface area contributed by atoms with Crippen LogP contribution in [0.1, 0.15) is 26.2 Å². The lowest BCUT2D eigenvalue weighted by Crippen LogP contribution is -2.33. The maximum Gasteiger partial charge on any atom is 0.336 e. The number of ether oxygens (including phenoxy) is 2. The number of hydrogen-bond acceptors (Lipinski definition) is 6. The third-order valence-electron chi connectivity index (χ3n) is 4.38. The molecule has 134 valence electrons. The van der Waals surface area contributed by atoms with Crippen molar-refractivity contribution in [2.75, 3.05) is 6.61 Å². The summed E-state index contributed by atoms with van der Waals surface area (Å²) in [6.45, 7) is 8.59. The van der Waals surface area contributed by atoms with Gasteiger partial charge in [-0.3, -0.25) is 4.79 Å². The van der Waals surface area contributed by atoms with Crippen LogP contribution in [0, 0.1) is 5.92 Å². The zero-order chi connectivity index (χ0) is 18.6. The zero-order valence-electron chi connectivity index (χ0n) is 14.2. The topological polar surface area (TPSA) is 89.9 Å². The van der Waals surface area contributed by atoms with Gasteiger partial charge in [0.05, 0.1) is 18.1 Å². The second kappa shape index (κ2) is 8.07. The summed E-state index contributed by atoms with van der Waals surface area (Å²) in [5, 5.41) is 9.06. The lowest BCUT2D eigenvalue weighted by Gasteiger charge is -2.26. The molecule has 0 aromatic carbocycles. The van der Waals surface area contributed by atoms with Gasteiger partial charge in [0.2, 0.25) is 0 Å².